The Morgan fingerprint density at radius 1 is 0.886 bits per heavy atom. The standard InChI is InChI=1S/C28H25Cl2N3O2/c29-25-13-7-14-26(27(25)30)32-28(34)33(17-15-23-11-4-5-16-31-23)19-22-10-6-12-24(18-22)35-20-21-8-2-1-3-9-21/h1-14,16,18H,15,17,19-20H2,(H,32,34). The van der Waals surface area contributed by atoms with Gasteiger partial charge in [-0.1, -0.05) is 77.8 Å². The quantitative estimate of drug-likeness (QED) is 0.260. The first-order chi connectivity index (χ1) is 17.1. The lowest BCUT2D eigenvalue weighted by molar-refractivity contribution is 0.209. The molecule has 0 fully saturated rings. The van der Waals surface area contributed by atoms with E-state index in [-0.39, 0.29) is 6.03 Å². The van der Waals surface area contributed by atoms with Crippen LogP contribution in [0.1, 0.15) is 16.8 Å². The Kier molecular flexibility index (Phi) is 8.60. The highest BCUT2D eigenvalue weighted by Gasteiger charge is 2.17. The Bertz CT molecular complexity index is 1250. The van der Waals surface area contributed by atoms with Gasteiger partial charge in [-0.2, -0.15) is 0 Å². The van der Waals surface area contributed by atoms with Crippen LogP contribution in [-0.4, -0.2) is 22.5 Å². The maximum Gasteiger partial charge on any atom is 0.322 e. The Labute approximate surface area is 215 Å². The van der Waals surface area contributed by atoms with Gasteiger partial charge in [-0.15, -0.1) is 0 Å². The third-order valence-electron chi connectivity index (χ3n) is 5.36. The van der Waals surface area contributed by atoms with Gasteiger partial charge in [0.25, 0.3) is 0 Å². The number of pyridine rings is 1. The number of hydrogen-bond donors (Lipinski definition) is 1. The zero-order valence-electron chi connectivity index (χ0n) is 19.0. The summed E-state index contributed by atoms with van der Waals surface area (Å²) in [6.45, 7) is 1.33. The number of amides is 2. The largest absolute Gasteiger partial charge is 0.489 e. The highest BCUT2D eigenvalue weighted by atomic mass is 35.5. The number of hydrogen-bond acceptors (Lipinski definition) is 3. The number of anilines is 1. The molecule has 0 radical (unpaired) electrons. The molecule has 1 heterocycles. The van der Waals surface area contributed by atoms with Crippen LogP contribution in [-0.2, 0) is 19.6 Å². The molecule has 35 heavy (non-hydrogen) atoms. The van der Waals surface area contributed by atoms with Gasteiger partial charge in [-0.05, 0) is 47.5 Å². The average Bonchev–Trinajstić information content (AvgIpc) is 2.89. The van der Waals surface area contributed by atoms with Crippen LogP contribution in [0.15, 0.2) is 97.2 Å². The van der Waals surface area contributed by atoms with Crippen LogP contribution >= 0.6 is 23.2 Å². The molecule has 1 aromatic heterocycles. The summed E-state index contributed by atoms with van der Waals surface area (Å²) in [7, 11) is 0. The lowest BCUT2D eigenvalue weighted by Crippen LogP contribution is -2.36. The number of ether oxygens (including phenoxy) is 1. The fourth-order valence-corrected chi connectivity index (χ4v) is 3.89. The number of nitrogens with one attached hydrogen (secondary N) is 1. The van der Waals surface area contributed by atoms with Gasteiger partial charge in [0.05, 0.1) is 15.7 Å². The molecule has 1 N–H and O–H groups in total. The van der Waals surface area contributed by atoms with Crippen LogP contribution in [0.5, 0.6) is 5.75 Å². The average molecular weight is 506 g/mol. The number of aromatic nitrogens is 1. The summed E-state index contributed by atoms with van der Waals surface area (Å²) >= 11 is 12.4. The van der Waals surface area contributed by atoms with Gasteiger partial charge in [0.15, 0.2) is 0 Å². The Balaban J connectivity index is 1.48. The fraction of sp³-hybridized carbons (Fsp3) is 0.143. The van der Waals surface area contributed by atoms with Crippen LogP contribution < -0.4 is 10.1 Å². The van der Waals surface area contributed by atoms with Crippen molar-refractivity contribution < 1.29 is 9.53 Å². The number of benzene rings is 3. The van der Waals surface area contributed by atoms with Gasteiger partial charge in [-0.25, -0.2) is 4.79 Å². The molecule has 0 aliphatic carbocycles. The molecule has 4 rings (SSSR count). The lowest BCUT2D eigenvalue weighted by atomic mass is 10.2. The van der Waals surface area contributed by atoms with E-state index in [2.05, 4.69) is 10.3 Å². The van der Waals surface area contributed by atoms with Crippen LogP contribution in [0.4, 0.5) is 10.5 Å². The molecular weight excluding hydrogens is 481 g/mol. The van der Waals surface area contributed by atoms with Crippen LogP contribution in [0.3, 0.4) is 0 Å². The predicted octanol–water partition coefficient (Wildman–Crippen LogP) is 7.24. The summed E-state index contributed by atoms with van der Waals surface area (Å²) in [5.41, 5.74) is 3.41. The maximum atomic E-state index is 13.3. The molecule has 0 spiro atoms. The van der Waals surface area contributed by atoms with E-state index in [1.807, 2.05) is 72.8 Å². The predicted molar refractivity (Wildman–Crippen MR) is 141 cm³/mol. The van der Waals surface area contributed by atoms with Crippen LogP contribution in [0.25, 0.3) is 0 Å². The maximum absolute atomic E-state index is 13.3. The smallest absolute Gasteiger partial charge is 0.322 e. The first-order valence-corrected chi connectivity index (χ1v) is 12.0. The Hall–Kier alpha value is -3.54. The molecule has 0 saturated heterocycles. The van der Waals surface area contributed by atoms with Crippen molar-refractivity contribution in [2.75, 3.05) is 11.9 Å². The topological polar surface area (TPSA) is 54.5 Å². The van der Waals surface area contributed by atoms with Gasteiger partial charge in [0, 0.05) is 31.4 Å². The normalized spacial score (nSPS) is 10.6. The van der Waals surface area contributed by atoms with Crippen molar-refractivity contribution in [1.82, 2.24) is 9.88 Å². The molecule has 178 valence electrons. The second-order valence-electron chi connectivity index (χ2n) is 7.95. The lowest BCUT2D eigenvalue weighted by Gasteiger charge is -2.24. The summed E-state index contributed by atoms with van der Waals surface area (Å²) in [6, 6.07) is 28.4. The number of carbonyl (C=O) groups excluding carboxylic acids is 1. The number of halogens is 2. The zero-order chi connectivity index (χ0) is 24.5. The molecule has 5 nitrogen and oxygen atoms in total. The SMILES string of the molecule is O=C(Nc1cccc(Cl)c1Cl)N(CCc1ccccn1)Cc1cccc(OCc2ccccc2)c1. The third-order valence-corrected chi connectivity index (χ3v) is 6.18. The van der Waals surface area contributed by atoms with Gasteiger partial charge in [0.2, 0.25) is 0 Å². The van der Waals surface area contributed by atoms with Crippen LogP contribution in [0, 0.1) is 0 Å². The number of urea groups is 1. The molecule has 4 aromatic rings. The van der Waals surface area contributed by atoms with E-state index in [0.29, 0.717) is 41.8 Å². The molecule has 0 bridgehead atoms. The van der Waals surface area contributed by atoms with Gasteiger partial charge < -0.3 is 15.0 Å². The van der Waals surface area contributed by atoms with Crippen molar-refractivity contribution in [3.05, 3.63) is 124 Å². The molecule has 0 saturated carbocycles. The Morgan fingerprint density at radius 3 is 2.46 bits per heavy atom. The molecule has 0 aliphatic rings. The van der Waals surface area contributed by atoms with Crippen molar-refractivity contribution in [3.63, 3.8) is 0 Å². The summed E-state index contributed by atoms with van der Waals surface area (Å²) in [6.07, 6.45) is 2.36. The third kappa shape index (κ3) is 7.22. The summed E-state index contributed by atoms with van der Waals surface area (Å²) in [5, 5.41) is 3.58. The molecule has 0 aliphatic heterocycles. The van der Waals surface area contributed by atoms with E-state index in [9.17, 15) is 4.79 Å². The van der Waals surface area contributed by atoms with E-state index < -0.39 is 0 Å². The second kappa shape index (κ2) is 12.2. The van der Waals surface area contributed by atoms with Crippen molar-refractivity contribution in [2.24, 2.45) is 0 Å². The molecule has 2 amide bonds. The minimum atomic E-state index is -0.277. The summed E-state index contributed by atoms with van der Waals surface area (Å²) in [5.74, 6) is 0.745. The van der Waals surface area contributed by atoms with Crippen molar-refractivity contribution in [1.29, 1.82) is 0 Å². The van der Waals surface area contributed by atoms with E-state index >= 15 is 0 Å². The van der Waals surface area contributed by atoms with E-state index in [4.69, 9.17) is 27.9 Å². The molecule has 7 heteroatoms. The Morgan fingerprint density at radius 2 is 1.66 bits per heavy atom. The molecule has 0 atom stereocenters. The minimum Gasteiger partial charge on any atom is -0.489 e. The zero-order valence-corrected chi connectivity index (χ0v) is 20.5. The number of rotatable bonds is 9. The highest BCUT2D eigenvalue weighted by Crippen LogP contribution is 2.30. The van der Waals surface area contributed by atoms with Crippen LogP contribution in [0.2, 0.25) is 10.0 Å². The first kappa shape index (κ1) is 24.6. The van der Waals surface area contributed by atoms with Crippen molar-refractivity contribution >= 4 is 34.9 Å². The van der Waals surface area contributed by atoms with Gasteiger partial charge in [-0.3, -0.25) is 4.98 Å². The number of carbonyl (C=O) groups is 1. The number of nitrogens with zero attached hydrogens (tertiary/aromatic N) is 2. The molecule has 3 aromatic carbocycles. The minimum absolute atomic E-state index is 0.277. The summed E-state index contributed by atoms with van der Waals surface area (Å²) < 4.78 is 5.97. The summed E-state index contributed by atoms with van der Waals surface area (Å²) in [4.78, 5) is 19.4. The van der Waals surface area contributed by atoms with E-state index in [1.165, 1.54) is 0 Å². The van der Waals surface area contributed by atoms with Crippen molar-refractivity contribution in [2.45, 2.75) is 19.6 Å². The monoisotopic (exact) mass is 505 g/mol. The fourth-order valence-electron chi connectivity index (χ4n) is 3.54. The van der Waals surface area contributed by atoms with Gasteiger partial charge in [0.1, 0.15) is 12.4 Å². The molecule has 0 unspecified atom stereocenters. The molecular formula is C28H25Cl2N3O2. The first-order valence-electron chi connectivity index (χ1n) is 11.2. The highest BCUT2D eigenvalue weighted by molar-refractivity contribution is 6.43. The van der Waals surface area contributed by atoms with E-state index in [0.717, 1.165) is 22.6 Å². The van der Waals surface area contributed by atoms with Gasteiger partial charge >= 0.3 is 6.03 Å². The van der Waals surface area contributed by atoms with E-state index in [1.54, 1.807) is 29.3 Å². The second-order valence-corrected chi connectivity index (χ2v) is 8.73. The van der Waals surface area contributed by atoms with Crippen molar-refractivity contribution in [3.8, 4) is 5.75 Å².